The Balaban J connectivity index is 2.06. The summed E-state index contributed by atoms with van der Waals surface area (Å²) in [7, 11) is 1.76. The number of benzene rings is 1. The average molecular weight is 247 g/mol. The first kappa shape index (κ1) is 13.4. The van der Waals surface area contributed by atoms with Crippen LogP contribution in [0.5, 0.6) is 5.75 Å². The van der Waals surface area contributed by atoms with Crippen molar-refractivity contribution in [3.05, 3.63) is 29.3 Å². The van der Waals surface area contributed by atoms with Crippen molar-refractivity contribution in [3.8, 4) is 5.75 Å². The molecule has 0 bridgehead atoms. The van der Waals surface area contributed by atoms with Crippen molar-refractivity contribution in [3.63, 3.8) is 0 Å². The van der Waals surface area contributed by atoms with E-state index >= 15 is 0 Å². The largest absolute Gasteiger partial charge is 0.496 e. The lowest BCUT2D eigenvalue weighted by molar-refractivity contribution is 0.292. The number of ether oxygens (including phenoxy) is 1. The van der Waals surface area contributed by atoms with Gasteiger partial charge in [-0.2, -0.15) is 0 Å². The van der Waals surface area contributed by atoms with E-state index in [-0.39, 0.29) is 0 Å². The van der Waals surface area contributed by atoms with Crippen LogP contribution < -0.4 is 10.1 Å². The Morgan fingerprint density at radius 2 is 2.22 bits per heavy atom. The van der Waals surface area contributed by atoms with E-state index < -0.39 is 0 Å². The molecular weight excluding hydrogens is 222 g/mol. The molecule has 1 N–H and O–H groups in total. The quantitative estimate of drug-likeness (QED) is 0.881. The van der Waals surface area contributed by atoms with Crippen LogP contribution in [0.4, 0.5) is 0 Å². The van der Waals surface area contributed by atoms with E-state index in [9.17, 15) is 0 Å². The van der Waals surface area contributed by atoms with Crippen molar-refractivity contribution >= 4 is 0 Å². The van der Waals surface area contributed by atoms with Crippen LogP contribution in [-0.4, -0.2) is 19.7 Å². The number of methoxy groups -OCH3 is 1. The van der Waals surface area contributed by atoms with Gasteiger partial charge in [-0.15, -0.1) is 0 Å². The molecule has 18 heavy (non-hydrogen) atoms. The summed E-state index contributed by atoms with van der Waals surface area (Å²) in [6.07, 6.45) is 5.02. The zero-order chi connectivity index (χ0) is 13.0. The van der Waals surface area contributed by atoms with Crippen molar-refractivity contribution in [2.75, 3.05) is 13.7 Å². The fourth-order valence-corrected chi connectivity index (χ4v) is 2.95. The van der Waals surface area contributed by atoms with Crippen molar-refractivity contribution in [2.24, 2.45) is 5.92 Å². The second kappa shape index (κ2) is 6.24. The molecule has 0 aromatic heterocycles. The number of nitrogens with one attached hydrogen (secondary N) is 1. The molecule has 1 aromatic carbocycles. The second-order valence-electron chi connectivity index (χ2n) is 5.47. The molecule has 2 rings (SSSR count). The van der Waals surface area contributed by atoms with Gasteiger partial charge < -0.3 is 10.1 Å². The Morgan fingerprint density at radius 3 is 2.94 bits per heavy atom. The highest BCUT2D eigenvalue weighted by atomic mass is 16.5. The number of rotatable bonds is 4. The van der Waals surface area contributed by atoms with Crippen molar-refractivity contribution in [2.45, 2.75) is 45.6 Å². The normalized spacial score (nSPS) is 23.9. The van der Waals surface area contributed by atoms with Crippen molar-refractivity contribution in [1.29, 1.82) is 0 Å². The number of hydrogen-bond acceptors (Lipinski definition) is 2. The fourth-order valence-electron chi connectivity index (χ4n) is 2.95. The van der Waals surface area contributed by atoms with Gasteiger partial charge in [-0.1, -0.05) is 31.0 Å². The van der Waals surface area contributed by atoms with Crippen molar-refractivity contribution in [1.82, 2.24) is 5.32 Å². The molecule has 1 fully saturated rings. The molecular formula is C16H25NO. The molecule has 0 amide bonds. The third-order valence-corrected chi connectivity index (χ3v) is 4.08. The van der Waals surface area contributed by atoms with E-state index in [4.69, 9.17) is 4.74 Å². The number of piperidine rings is 1. The topological polar surface area (TPSA) is 21.3 Å². The van der Waals surface area contributed by atoms with Gasteiger partial charge in [0.05, 0.1) is 7.11 Å². The Morgan fingerprint density at radius 1 is 1.39 bits per heavy atom. The third kappa shape index (κ3) is 3.26. The van der Waals surface area contributed by atoms with Crippen LogP contribution >= 0.6 is 0 Å². The van der Waals surface area contributed by atoms with Crippen LogP contribution in [0.15, 0.2) is 18.2 Å². The van der Waals surface area contributed by atoms with E-state index in [1.165, 1.54) is 30.4 Å². The monoisotopic (exact) mass is 247 g/mol. The molecule has 0 saturated carbocycles. The average Bonchev–Trinajstić information content (AvgIpc) is 2.39. The maximum atomic E-state index is 5.47. The van der Waals surface area contributed by atoms with Gasteiger partial charge >= 0.3 is 0 Å². The fraction of sp³-hybridized carbons (Fsp3) is 0.625. The van der Waals surface area contributed by atoms with E-state index in [1.54, 1.807) is 7.11 Å². The molecule has 0 aliphatic carbocycles. The first-order valence-corrected chi connectivity index (χ1v) is 7.09. The molecule has 0 radical (unpaired) electrons. The molecule has 2 nitrogen and oxygen atoms in total. The third-order valence-electron chi connectivity index (χ3n) is 4.08. The number of hydrogen-bond donors (Lipinski definition) is 1. The highest BCUT2D eigenvalue weighted by molar-refractivity contribution is 5.37. The Bertz CT molecular complexity index is 389. The van der Waals surface area contributed by atoms with Crippen LogP contribution in [0, 0.1) is 12.8 Å². The van der Waals surface area contributed by atoms with E-state index in [1.807, 2.05) is 0 Å². The number of aryl methyl sites for hydroxylation is 1. The minimum atomic E-state index is 0.611. The molecule has 1 heterocycles. The summed E-state index contributed by atoms with van der Waals surface area (Å²) < 4.78 is 5.47. The minimum absolute atomic E-state index is 0.611. The van der Waals surface area contributed by atoms with Crippen LogP contribution in [0.3, 0.4) is 0 Å². The summed E-state index contributed by atoms with van der Waals surface area (Å²) in [5.74, 6) is 1.92. The summed E-state index contributed by atoms with van der Waals surface area (Å²) in [6.45, 7) is 5.61. The molecule has 2 heteroatoms. The molecule has 1 saturated heterocycles. The lowest BCUT2D eigenvalue weighted by atomic mass is 9.87. The highest BCUT2D eigenvalue weighted by Crippen LogP contribution is 2.26. The summed E-state index contributed by atoms with van der Waals surface area (Å²) in [5.41, 5.74) is 2.65. The maximum Gasteiger partial charge on any atom is 0.122 e. The van der Waals surface area contributed by atoms with Crippen LogP contribution in [0.25, 0.3) is 0 Å². The minimum Gasteiger partial charge on any atom is -0.496 e. The zero-order valence-corrected chi connectivity index (χ0v) is 11.8. The van der Waals surface area contributed by atoms with E-state index in [0.717, 1.165) is 24.6 Å². The maximum absolute atomic E-state index is 5.47. The standard InChI is InChI=1S/C16H25NO/c1-4-13-7-8-17-15(10-13)11-14-9-12(2)5-6-16(14)18-3/h5-6,9,13,15,17H,4,7-8,10-11H2,1-3H3. The summed E-state index contributed by atoms with van der Waals surface area (Å²) in [4.78, 5) is 0. The lowest BCUT2D eigenvalue weighted by Gasteiger charge is -2.30. The summed E-state index contributed by atoms with van der Waals surface area (Å²) in [5, 5.41) is 3.65. The molecule has 1 aliphatic rings. The van der Waals surface area contributed by atoms with Gasteiger partial charge in [-0.3, -0.25) is 0 Å². The predicted octanol–water partition coefficient (Wildman–Crippen LogP) is 3.32. The highest BCUT2D eigenvalue weighted by Gasteiger charge is 2.21. The van der Waals surface area contributed by atoms with Gasteiger partial charge in [0.15, 0.2) is 0 Å². The van der Waals surface area contributed by atoms with Gasteiger partial charge in [0.25, 0.3) is 0 Å². The molecule has 0 spiro atoms. The first-order chi connectivity index (χ1) is 8.72. The summed E-state index contributed by atoms with van der Waals surface area (Å²) in [6, 6.07) is 7.08. The SMILES string of the molecule is CCC1CCNC(Cc2cc(C)ccc2OC)C1. The van der Waals surface area contributed by atoms with E-state index in [0.29, 0.717) is 6.04 Å². The van der Waals surface area contributed by atoms with Crippen LogP contribution in [-0.2, 0) is 6.42 Å². The Labute approximate surface area is 111 Å². The molecule has 2 atom stereocenters. The zero-order valence-electron chi connectivity index (χ0n) is 11.8. The van der Waals surface area contributed by atoms with Gasteiger partial charge in [0.2, 0.25) is 0 Å². The first-order valence-electron chi connectivity index (χ1n) is 7.09. The van der Waals surface area contributed by atoms with Crippen molar-refractivity contribution < 1.29 is 4.74 Å². The molecule has 1 aliphatic heterocycles. The Kier molecular flexibility index (Phi) is 4.65. The van der Waals surface area contributed by atoms with Gasteiger partial charge in [-0.25, -0.2) is 0 Å². The molecule has 2 unspecified atom stereocenters. The predicted molar refractivity (Wildman–Crippen MR) is 76.2 cm³/mol. The lowest BCUT2D eigenvalue weighted by Crippen LogP contribution is -2.39. The van der Waals surface area contributed by atoms with Gasteiger partial charge in [0, 0.05) is 6.04 Å². The molecule has 1 aromatic rings. The molecule has 100 valence electrons. The second-order valence-corrected chi connectivity index (χ2v) is 5.47. The van der Waals surface area contributed by atoms with Gasteiger partial charge in [0.1, 0.15) is 5.75 Å². The smallest absolute Gasteiger partial charge is 0.122 e. The van der Waals surface area contributed by atoms with Crippen LogP contribution in [0.1, 0.15) is 37.3 Å². The summed E-state index contributed by atoms with van der Waals surface area (Å²) >= 11 is 0. The Hall–Kier alpha value is -1.02. The van der Waals surface area contributed by atoms with Crippen LogP contribution in [0.2, 0.25) is 0 Å². The van der Waals surface area contributed by atoms with E-state index in [2.05, 4.69) is 37.4 Å². The van der Waals surface area contributed by atoms with Gasteiger partial charge in [-0.05, 0) is 50.3 Å².